The minimum Gasteiger partial charge on any atom is -0.489 e. The monoisotopic (exact) mass is 522 g/mol. The van der Waals surface area contributed by atoms with E-state index >= 15 is 0 Å². The molecule has 2 bridgehead atoms. The van der Waals surface area contributed by atoms with E-state index in [4.69, 9.17) is 4.74 Å². The third kappa shape index (κ3) is 6.76. The van der Waals surface area contributed by atoms with Crippen LogP contribution < -0.4 is 10.1 Å². The minimum absolute atomic E-state index is 0.0118. The van der Waals surface area contributed by atoms with E-state index in [1.165, 1.54) is 12.8 Å². The number of nitrogens with one attached hydrogen (secondary N) is 1. The Balaban J connectivity index is 1.26. The lowest BCUT2D eigenvalue weighted by Gasteiger charge is -2.38. The Kier molecular flexibility index (Phi) is 8.99. The van der Waals surface area contributed by atoms with Gasteiger partial charge in [-0.15, -0.1) is 0 Å². The van der Waals surface area contributed by atoms with Gasteiger partial charge in [0.1, 0.15) is 18.9 Å². The van der Waals surface area contributed by atoms with E-state index in [1.54, 1.807) is 4.90 Å². The molecule has 3 fully saturated rings. The highest BCUT2D eigenvalue weighted by atomic mass is 16.5. The summed E-state index contributed by atoms with van der Waals surface area (Å²) in [5.41, 5.74) is 0.919. The summed E-state index contributed by atoms with van der Waals surface area (Å²) in [6.07, 6.45) is 10.8. The number of rotatable bonds is 6. The molecule has 5 rings (SSSR count). The molecule has 3 aliphatic heterocycles. The zero-order chi connectivity index (χ0) is 26.3. The van der Waals surface area contributed by atoms with E-state index in [2.05, 4.69) is 16.3 Å². The Morgan fingerprint density at radius 2 is 1.82 bits per heavy atom. The first-order valence-electron chi connectivity index (χ1n) is 14.5. The number of ether oxygens (including phenoxy) is 1. The van der Waals surface area contributed by atoms with Crippen LogP contribution in [0.5, 0.6) is 5.75 Å². The second kappa shape index (κ2) is 12.8. The molecule has 4 aliphatic rings. The molecule has 1 aliphatic carbocycles. The zero-order valence-electron chi connectivity index (χ0n) is 22.5. The van der Waals surface area contributed by atoms with E-state index in [0.717, 1.165) is 56.6 Å². The van der Waals surface area contributed by atoms with Crippen LogP contribution >= 0.6 is 0 Å². The normalized spacial score (nSPS) is 24.9. The molecular formula is C30H42N4O4. The van der Waals surface area contributed by atoms with Crippen molar-refractivity contribution in [2.45, 2.75) is 51.5 Å². The van der Waals surface area contributed by atoms with Gasteiger partial charge in [0.2, 0.25) is 17.7 Å². The predicted molar refractivity (Wildman–Crippen MR) is 145 cm³/mol. The van der Waals surface area contributed by atoms with Crippen LogP contribution in [-0.2, 0) is 20.9 Å². The van der Waals surface area contributed by atoms with Gasteiger partial charge in [-0.25, -0.2) is 0 Å². The molecule has 2 atom stereocenters. The molecule has 1 aromatic carbocycles. The van der Waals surface area contributed by atoms with E-state index in [0.29, 0.717) is 39.2 Å². The maximum absolute atomic E-state index is 13.5. The molecule has 38 heavy (non-hydrogen) atoms. The Hall–Kier alpha value is -2.87. The van der Waals surface area contributed by atoms with Gasteiger partial charge < -0.3 is 24.8 Å². The second-order valence-corrected chi connectivity index (χ2v) is 11.3. The van der Waals surface area contributed by atoms with Crippen LogP contribution in [0.25, 0.3) is 0 Å². The number of hydrogen-bond acceptors (Lipinski definition) is 5. The van der Waals surface area contributed by atoms with Crippen LogP contribution in [0.1, 0.15) is 50.5 Å². The summed E-state index contributed by atoms with van der Waals surface area (Å²) < 4.78 is 6.11. The molecule has 206 valence electrons. The number of benzene rings is 1. The Bertz CT molecular complexity index is 1020. The largest absolute Gasteiger partial charge is 0.489 e. The van der Waals surface area contributed by atoms with E-state index in [-0.39, 0.29) is 42.0 Å². The molecule has 0 unspecified atom stereocenters. The number of likely N-dealkylation sites (tertiary alicyclic amines) is 1. The summed E-state index contributed by atoms with van der Waals surface area (Å²) in [4.78, 5) is 45.6. The van der Waals surface area contributed by atoms with Crippen molar-refractivity contribution in [3.8, 4) is 5.75 Å². The molecule has 0 radical (unpaired) electrons. The number of piperidine rings is 1. The molecule has 3 amide bonds. The van der Waals surface area contributed by atoms with Gasteiger partial charge in [0.05, 0.1) is 0 Å². The molecule has 3 heterocycles. The molecule has 1 aromatic rings. The summed E-state index contributed by atoms with van der Waals surface area (Å²) in [7, 11) is 0. The maximum atomic E-state index is 13.5. The van der Waals surface area contributed by atoms with Crippen molar-refractivity contribution in [1.29, 1.82) is 0 Å². The van der Waals surface area contributed by atoms with Gasteiger partial charge in [0.25, 0.3) is 0 Å². The Labute approximate surface area is 226 Å². The summed E-state index contributed by atoms with van der Waals surface area (Å²) in [6.45, 7) is 5.92. The number of para-hydroxylation sites is 1. The molecular weight excluding hydrogens is 480 g/mol. The quantitative estimate of drug-likeness (QED) is 0.581. The summed E-state index contributed by atoms with van der Waals surface area (Å²) in [5, 5.41) is 3.11. The topological polar surface area (TPSA) is 82.2 Å². The smallest absolute Gasteiger partial charge is 0.242 e. The first-order valence-corrected chi connectivity index (χ1v) is 14.5. The standard InChI is InChI=1S/C30H42N4O4/c35-28(31-13-17-32-14-3-4-15-32)19-24-12-16-33-20-25(24)10-6-18-38-27-11-2-1-7-26(27)21-34(22-29(33)36)30(37)23-8-5-9-23/h1-2,6-7,10-11,23-25H,3-5,8-9,12-22H2,(H,31,35)/t24-,25-/m0/s1. The van der Waals surface area contributed by atoms with Crippen molar-refractivity contribution in [3.63, 3.8) is 0 Å². The van der Waals surface area contributed by atoms with Crippen LogP contribution in [0.2, 0.25) is 0 Å². The van der Waals surface area contributed by atoms with E-state index < -0.39 is 0 Å². The molecule has 0 aromatic heterocycles. The van der Waals surface area contributed by atoms with Gasteiger partial charge in [0.15, 0.2) is 0 Å². The van der Waals surface area contributed by atoms with Crippen molar-refractivity contribution in [3.05, 3.63) is 42.0 Å². The van der Waals surface area contributed by atoms with Crippen LogP contribution in [0.3, 0.4) is 0 Å². The van der Waals surface area contributed by atoms with Gasteiger partial charge >= 0.3 is 0 Å². The van der Waals surface area contributed by atoms with Crippen molar-refractivity contribution in [2.24, 2.45) is 17.8 Å². The van der Waals surface area contributed by atoms with Crippen molar-refractivity contribution in [2.75, 3.05) is 52.4 Å². The average Bonchev–Trinajstić information content (AvgIpc) is 3.40. The third-order valence-corrected chi connectivity index (χ3v) is 8.70. The first kappa shape index (κ1) is 26.7. The van der Waals surface area contributed by atoms with Crippen LogP contribution in [0.4, 0.5) is 0 Å². The number of carbonyl (C=O) groups is 3. The van der Waals surface area contributed by atoms with Crippen LogP contribution in [0, 0.1) is 17.8 Å². The van der Waals surface area contributed by atoms with Gasteiger partial charge in [-0.3, -0.25) is 14.4 Å². The number of carbonyl (C=O) groups excluding carboxylic acids is 3. The van der Waals surface area contributed by atoms with E-state index in [9.17, 15) is 14.4 Å². The number of fused-ring (bicyclic) bond motifs is 3. The minimum atomic E-state index is -0.0118. The second-order valence-electron chi connectivity index (χ2n) is 11.3. The van der Waals surface area contributed by atoms with Gasteiger partial charge in [0, 0.05) is 50.6 Å². The highest BCUT2D eigenvalue weighted by Crippen LogP contribution is 2.31. The highest BCUT2D eigenvalue weighted by molar-refractivity contribution is 5.86. The van der Waals surface area contributed by atoms with Crippen LogP contribution in [0.15, 0.2) is 36.4 Å². The maximum Gasteiger partial charge on any atom is 0.242 e. The SMILES string of the molecule is O=C(C[C@@H]1CCN2C[C@@H]1C=CCOc1ccccc1CN(C(=O)C1CCC1)CC2=O)NCCN1CCCC1. The van der Waals surface area contributed by atoms with Crippen molar-refractivity contribution < 1.29 is 19.1 Å². The number of nitrogens with zero attached hydrogens (tertiary/aromatic N) is 3. The summed E-state index contributed by atoms with van der Waals surface area (Å²) >= 11 is 0. The first-order chi connectivity index (χ1) is 18.6. The lowest BCUT2D eigenvalue weighted by Crippen LogP contribution is -2.50. The summed E-state index contributed by atoms with van der Waals surface area (Å²) in [5.74, 6) is 1.17. The van der Waals surface area contributed by atoms with Crippen LogP contribution in [-0.4, -0.2) is 84.8 Å². The van der Waals surface area contributed by atoms with Crippen molar-refractivity contribution in [1.82, 2.24) is 20.0 Å². The molecule has 1 saturated carbocycles. The summed E-state index contributed by atoms with van der Waals surface area (Å²) in [6, 6.07) is 7.78. The average molecular weight is 523 g/mol. The number of hydrogen-bond donors (Lipinski definition) is 1. The fourth-order valence-corrected chi connectivity index (χ4v) is 6.14. The molecule has 8 nitrogen and oxygen atoms in total. The molecule has 8 heteroatoms. The molecule has 0 spiro atoms. The predicted octanol–water partition coefficient (Wildman–Crippen LogP) is 2.83. The lowest BCUT2D eigenvalue weighted by atomic mass is 9.82. The van der Waals surface area contributed by atoms with Gasteiger partial charge in [-0.05, 0) is 63.1 Å². The van der Waals surface area contributed by atoms with Gasteiger partial charge in [-0.1, -0.05) is 36.8 Å². The lowest BCUT2D eigenvalue weighted by molar-refractivity contribution is -0.146. The third-order valence-electron chi connectivity index (χ3n) is 8.70. The van der Waals surface area contributed by atoms with Crippen molar-refractivity contribution >= 4 is 17.7 Å². The fraction of sp³-hybridized carbons (Fsp3) is 0.633. The number of amides is 3. The zero-order valence-corrected chi connectivity index (χ0v) is 22.5. The molecule has 2 saturated heterocycles. The highest BCUT2D eigenvalue weighted by Gasteiger charge is 2.35. The Morgan fingerprint density at radius 1 is 1.00 bits per heavy atom. The fourth-order valence-electron chi connectivity index (χ4n) is 6.14. The van der Waals surface area contributed by atoms with Gasteiger partial charge in [-0.2, -0.15) is 0 Å². The molecule has 1 N–H and O–H groups in total. The Morgan fingerprint density at radius 3 is 2.61 bits per heavy atom. The van der Waals surface area contributed by atoms with E-state index in [1.807, 2.05) is 35.2 Å².